The van der Waals surface area contributed by atoms with Crippen LogP contribution in [0.4, 0.5) is 0 Å². The molecular formula is C20H20N4O3S2. The van der Waals surface area contributed by atoms with Gasteiger partial charge in [-0.25, -0.2) is 18.1 Å². The fourth-order valence-electron chi connectivity index (χ4n) is 3.20. The lowest BCUT2D eigenvalue weighted by Gasteiger charge is -2.09. The van der Waals surface area contributed by atoms with E-state index in [-0.39, 0.29) is 16.3 Å². The Hall–Kier alpha value is -2.75. The van der Waals surface area contributed by atoms with Crippen LogP contribution >= 0.6 is 11.3 Å². The van der Waals surface area contributed by atoms with Crippen LogP contribution in [0.2, 0.25) is 0 Å². The minimum absolute atomic E-state index is 0.0850. The van der Waals surface area contributed by atoms with Gasteiger partial charge in [-0.15, -0.1) is 0 Å². The second-order valence-corrected chi connectivity index (χ2v) is 9.34. The summed E-state index contributed by atoms with van der Waals surface area (Å²) in [6.45, 7) is 4.54. The van der Waals surface area contributed by atoms with Gasteiger partial charge < -0.3 is 4.57 Å². The van der Waals surface area contributed by atoms with Crippen molar-refractivity contribution in [2.75, 3.05) is 0 Å². The van der Waals surface area contributed by atoms with Gasteiger partial charge in [-0.2, -0.15) is 0 Å². The Kier molecular flexibility index (Phi) is 5.12. The number of imidazole rings is 1. The molecule has 0 spiro atoms. The number of nitrogens with one attached hydrogen (secondary N) is 1. The van der Waals surface area contributed by atoms with E-state index in [9.17, 15) is 13.2 Å². The number of sulfonamides is 1. The zero-order chi connectivity index (χ0) is 20.6. The molecule has 29 heavy (non-hydrogen) atoms. The summed E-state index contributed by atoms with van der Waals surface area (Å²) >= 11 is 1.06. The highest BCUT2D eigenvalue weighted by Gasteiger charge is 2.16. The van der Waals surface area contributed by atoms with Gasteiger partial charge in [0.1, 0.15) is 5.82 Å². The summed E-state index contributed by atoms with van der Waals surface area (Å²) < 4.78 is 32.3. The number of aryl methyl sites for hydroxylation is 2. The molecule has 0 radical (unpaired) electrons. The van der Waals surface area contributed by atoms with Crippen LogP contribution in [0.15, 0.2) is 64.5 Å². The summed E-state index contributed by atoms with van der Waals surface area (Å²) in [5.41, 5.74) is 2.57. The van der Waals surface area contributed by atoms with Gasteiger partial charge in [0.15, 0.2) is 0 Å². The Morgan fingerprint density at radius 1 is 1.14 bits per heavy atom. The van der Waals surface area contributed by atoms with Crippen molar-refractivity contribution in [3.8, 4) is 5.69 Å². The number of fused-ring (bicyclic) bond motifs is 1. The molecule has 4 aromatic rings. The fraction of sp³-hybridized carbons (Fsp3) is 0.200. The zero-order valence-corrected chi connectivity index (χ0v) is 17.6. The molecule has 2 aromatic carbocycles. The first kappa shape index (κ1) is 19.6. The van der Waals surface area contributed by atoms with Crippen LogP contribution in [-0.4, -0.2) is 22.5 Å². The van der Waals surface area contributed by atoms with Crippen LogP contribution in [0.1, 0.15) is 18.3 Å². The molecule has 0 saturated heterocycles. The predicted molar refractivity (Wildman–Crippen MR) is 114 cm³/mol. The van der Waals surface area contributed by atoms with E-state index < -0.39 is 10.0 Å². The number of benzene rings is 2. The van der Waals surface area contributed by atoms with E-state index in [4.69, 9.17) is 0 Å². The molecule has 0 atom stereocenters. The highest BCUT2D eigenvalue weighted by Crippen LogP contribution is 2.22. The molecule has 2 heterocycles. The topological polar surface area (TPSA) is 86.0 Å². The fourth-order valence-corrected chi connectivity index (χ4v) is 5.31. The molecule has 0 aliphatic rings. The van der Waals surface area contributed by atoms with Crippen LogP contribution in [0.3, 0.4) is 0 Å². The Balaban J connectivity index is 1.52. The van der Waals surface area contributed by atoms with Gasteiger partial charge in [-0.3, -0.25) is 9.36 Å². The molecule has 0 aliphatic heterocycles. The number of hydrogen-bond donors (Lipinski definition) is 1. The molecule has 0 saturated carbocycles. The normalized spacial score (nSPS) is 11.9. The zero-order valence-electron chi connectivity index (χ0n) is 16.0. The quantitative estimate of drug-likeness (QED) is 0.511. The van der Waals surface area contributed by atoms with Gasteiger partial charge in [-0.05, 0) is 49.7 Å². The molecule has 150 valence electrons. The first-order valence-corrected chi connectivity index (χ1v) is 11.4. The van der Waals surface area contributed by atoms with Crippen LogP contribution < -0.4 is 9.60 Å². The van der Waals surface area contributed by atoms with Gasteiger partial charge in [0.25, 0.3) is 0 Å². The molecule has 9 heteroatoms. The van der Waals surface area contributed by atoms with E-state index in [1.165, 1.54) is 6.07 Å². The van der Waals surface area contributed by atoms with E-state index in [0.29, 0.717) is 11.2 Å². The van der Waals surface area contributed by atoms with Gasteiger partial charge in [0.2, 0.25) is 10.0 Å². The average molecular weight is 429 g/mol. The molecule has 1 N–H and O–H groups in total. The van der Waals surface area contributed by atoms with Crippen molar-refractivity contribution >= 4 is 31.6 Å². The smallest absolute Gasteiger partial charge is 0.304 e. The monoisotopic (exact) mass is 428 g/mol. The minimum atomic E-state index is -3.69. The van der Waals surface area contributed by atoms with Crippen LogP contribution in [0, 0.1) is 6.92 Å². The van der Waals surface area contributed by atoms with Gasteiger partial charge in [-0.1, -0.05) is 23.5 Å². The molecule has 2 aromatic heterocycles. The van der Waals surface area contributed by atoms with Gasteiger partial charge in [0.05, 0.1) is 15.1 Å². The van der Waals surface area contributed by atoms with Crippen molar-refractivity contribution in [2.45, 2.75) is 31.8 Å². The summed E-state index contributed by atoms with van der Waals surface area (Å²) in [5, 5.41) is 0. The highest BCUT2D eigenvalue weighted by atomic mass is 32.2. The van der Waals surface area contributed by atoms with Gasteiger partial charge >= 0.3 is 4.87 Å². The second-order valence-electron chi connectivity index (χ2n) is 6.58. The summed E-state index contributed by atoms with van der Waals surface area (Å²) in [7, 11) is -3.69. The van der Waals surface area contributed by atoms with Crippen molar-refractivity contribution in [3.63, 3.8) is 0 Å². The number of thiazole rings is 1. The first-order valence-electron chi connectivity index (χ1n) is 9.11. The molecule has 0 unspecified atom stereocenters. The minimum Gasteiger partial charge on any atom is -0.304 e. The Bertz CT molecular complexity index is 1330. The SMILES string of the molecule is CCn1c(=O)sc2cc(S(=O)(=O)NCc3ccc(-n4ccnc4C)cc3)ccc21. The highest BCUT2D eigenvalue weighted by molar-refractivity contribution is 7.89. The first-order chi connectivity index (χ1) is 13.9. The molecule has 0 aliphatic carbocycles. The molecule has 0 fully saturated rings. The molecule has 0 bridgehead atoms. The van der Waals surface area contributed by atoms with Crippen LogP contribution in [-0.2, 0) is 23.1 Å². The van der Waals surface area contributed by atoms with E-state index in [1.807, 2.05) is 48.9 Å². The van der Waals surface area contributed by atoms with E-state index in [2.05, 4.69) is 9.71 Å². The maximum atomic E-state index is 12.7. The second kappa shape index (κ2) is 7.58. The van der Waals surface area contributed by atoms with E-state index in [0.717, 1.165) is 33.9 Å². The lowest BCUT2D eigenvalue weighted by Crippen LogP contribution is -2.23. The molecule has 7 nitrogen and oxygen atoms in total. The summed E-state index contributed by atoms with van der Waals surface area (Å²) in [6, 6.07) is 12.4. The number of rotatable bonds is 6. The summed E-state index contributed by atoms with van der Waals surface area (Å²) in [5.74, 6) is 0.882. The third kappa shape index (κ3) is 3.76. The van der Waals surface area contributed by atoms with E-state index >= 15 is 0 Å². The maximum Gasteiger partial charge on any atom is 0.308 e. The largest absolute Gasteiger partial charge is 0.308 e. The molecule has 0 amide bonds. The number of nitrogens with zero attached hydrogens (tertiary/aromatic N) is 3. The van der Waals surface area contributed by atoms with Crippen molar-refractivity contribution in [1.82, 2.24) is 18.8 Å². The average Bonchev–Trinajstić information content (AvgIpc) is 3.28. The van der Waals surface area contributed by atoms with Crippen molar-refractivity contribution < 1.29 is 8.42 Å². The van der Waals surface area contributed by atoms with Crippen molar-refractivity contribution in [1.29, 1.82) is 0 Å². The lowest BCUT2D eigenvalue weighted by molar-refractivity contribution is 0.581. The Morgan fingerprint density at radius 2 is 1.90 bits per heavy atom. The molecule has 4 rings (SSSR count). The van der Waals surface area contributed by atoms with Crippen molar-refractivity contribution in [2.24, 2.45) is 0 Å². The maximum absolute atomic E-state index is 12.7. The number of aromatic nitrogens is 3. The van der Waals surface area contributed by atoms with E-state index in [1.54, 1.807) is 22.9 Å². The number of hydrogen-bond acceptors (Lipinski definition) is 5. The van der Waals surface area contributed by atoms with Gasteiger partial charge in [0, 0.05) is 31.2 Å². The van der Waals surface area contributed by atoms with Crippen LogP contribution in [0.5, 0.6) is 0 Å². The third-order valence-corrected chi connectivity index (χ3v) is 7.11. The Morgan fingerprint density at radius 3 is 2.55 bits per heavy atom. The summed E-state index contributed by atoms with van der Waals surface area (Å²) in [6.07, 6.45) is 3.61. The predicted octanol–water partition coefficient (Wildman–Crippen LogP) is 3.06. The summed E-state index contributed by atoms with van der Waals surface area (Å²) in [4.78, 5) is 16.3. The van der Waals surface area contributed by atoms with Crippen LogP contribution in [0.25, 0.3) is 15.9 Å². The van der Waals surface area contributed by atoms with Crippen molar-refractivity contribution in [3.05, 3.63) is 75.9 Å². The molecular weight excluding hydrogens is 408 g/mol. The lowest BCUT2D eigenvalue weighted by atomic mass is 10.2. The standard InChI is InChI=1S/C20H20N4O3S2/c1-3-23-18-9-8-17(12-19(18)28-20(23)25)29(26,27)22-13-15-4-6-16(7-5-15)24-11-10-21-14(24)2/h4-12,22H,3,13H2,1-2H3. The Labute approximate surface area is 172 Å². The third-order valence-electron chi connectivity index (χ3n) is 4.77.